The molecule has 0 radical (unpaired) electrons. The summed E-state index contributed by atoms with van der Waals surface area (Å²) in [4.78, 5) is 0. The van der Waals surface area contributed by atoms with Crippen molar-refractivity contribution in [3.8, 4) is 11.8 Å². The lowest BCUT2D eigenvalue weighted by Gasteiger charge is -2.08. The highest BCUT2D eigenvalue weighted by atomic mass is 19.2. The molecule has 0 unspecified atom stereocenters. The topological polar surface area (TPSA) is 33.0 Å². The van der Waals surface area contributed by atoms with Crippen molar-refractivity contribution >= 4 is 0 Å². The third-order valence-corrected chi connectivity index (χ3v) is 2.48. The molecule has 0 saturated carbocycles. The van der Waals surface area contributed by atoms with Crippen molar-refractivity contribution in [2.75, 3.05) is 0 Å². The van der Waals surface area contributed by atoms with Crippen molar-refractivity contribution in [3.05, 3.63) is 65.0 Å². The zero-order chi connectivity index (χ0) is 13.8. The molecule has 0 fully saturated rings. The van der Waals surface area contributed by atoms with Crippen LogP contribution in [0.4, 0.5) is 13.2 Å². The Bertz CT molecular complexity index is 650. The minimum absolute atomic E-state index is 0.0104. The highest BCUT2D eigenvalue weighted by molar-refractivity contribution is 5.36. The Kier molecular flexibility index (Phi) is 3.71. The summed E-state index contributed by atoms with van der Waals surface area (Å²) in [6.07, 6.45) is 0. The number of benzene rings is 2. The van der Waals surface area contributed by atoms with E-state index in [0.717, 1.165) is 12.1 Å². The fourth-order valence-corrected chi connectivity index (χ4v) is 1.50. The highest BCUT2D eigenvalue weighted by Gasteiger charge is 2.10. The summed E-state index contributed by atoms with van der Waals surface area (Å²) in [6, 6.07) is 9.11. The maximum absolute atomic E-state index is 13.5. The van der Waals surface area contributed by atoms with Gasteiger partial charge in [0.2, 0.25) is 0 Å². The average molecular weight is 263 g/mol. The predicted octanol–water partition coefficient (Wildman–Crippen LogP) is 3.55. The van der Waals surface area contributed by atoms with Crippen molar-refractivity contribution in [3.63, 3.8) is 0 Å². The number of ether oxygens (including phenoxy) is 1. The van der Waals surface area contributed by atoms with E-state index in [9.17, 15) is 13.2 Å². The van der Waals surface area contributed by atoms with E-state index in [1.54, 1.807) is 6.07 Å². The second-order valence-corrected chi connectivity index (χ2v) is 3.76. The van der Waals surface area contributed by atoms with Crippen molar-refractivity contribution in [2.45, 2.75) is 6.61 Å². The zero-order valence-corrected chi connectivity index (χ0v) is 9.66. The molecular weight excluding hydrogens is 255 g/mol. The Balaban J connectivity index is 2.15. The third-order valence-electron chi connectivity index (χ3n) is 2.48. The lowest BCUT2D eigenvalue weighted by Crippen LogP contribution is -2.01. The first-order valence-corrected chi connectivity index (χ1v) is 5.37. The maximum atomic E-state index is 13.5. The van der Waals surface area contributed by atoms with E-state index in [2.05, 4.69) is 0 Å². The summed E-state index contributed by atoms with van der Waals surface area (Å²) >= 11 is 0. The molecule has 0 heterocycles. The van der Waals surface area contributed by atoms with E-state index in [-0.39, 0.29) is 23.5 Å². The van der Waals surface area contributed by atoms with Crippen LogP contribution < -0.4 is 4.74 Å². The standard InChI is InChI=1S/C14H8F3NO/c15-11-3-1-2-10(14(11)17)8-19-13-5-4-9(7-18)6-12(13)16/h1-6H,8H2. The van der Waals surface area contributed by atoms with Gasteiger partial charge in [-0.25, -0.2) is 13.2 Å². The highest BCUT2D eigenvalue weighted by Crippen LogP contribution is 2.20. The third kappa shape index (κ3) is 2.86. The van der Waals surface area contributed by atoms with Gasteiger partial charge in [0.05, 0.1) is 11.6 Å². The molecule has 0 N–H and O–H groups in total. The molecule has 5 heteroatoms. The van der Waals surface area contributed by atoms with Gasteiger partial charge in [0, 0.05) is 5.56 Å². The molecule has 0 saturated heterocycles. The Morgan fingerprint density at radius 2 is 1.84 bits per heavy atom. The van der Waals surface area contributed by atoms with Crippen LogP contribution in [-0.2, 0) is 6.61 Å². The first-order chi connectivity index (χ1) is 9.11. The molecule has 0 aromatic heterocycles. The molecule has 2 aromatic rings. The van der Waals surface area contributed by atoms with Gasteiger partial charge in [-0.2, -0.15) is 5.26 Å². The van der Waals surface area contributed by atoms with Gasteiger partial charge in [0.25, 0.3) is 0 Å². The largest absolute Gasteiger partial charge is 0.486 e. The smallest absolute Gasteiger partial charge is 0.166 e. The number of hydrogen-bond donors (Lipinski definition) is 0. The Morgan fingerprint density at radius 1 is 1.05 bits per heavy atom. The molecule has 2 nitrogen and oxygen atoms in total. The molecule has 19 heavy (non-hydrogen) atoms. The SMILES string of the molecule is N#Cc1ccc(OCc2cccc(F)c2F)c(F)c1. The van der Waals surface area contributed by atoms with Crippen LogP contribution in [0.5, 0.6) is 5.75 Å². The van der Waals surface area contributed by atoms with Gasteiger partial charge in [-0.1, -0.05) is 12.1 Å². The van der Waals surface area contributed by atoms with Crippen LogP contribution >= 0.6 is 0 Å². The van der Waals surface area contributed by atoms with Crippen molar-refractivity contribution < 1.29 is 17.9 Å². The lowest BCUT2D eigenvalue weighted by molar-refractivity contribution is 0.282. The fourth-order valence-electron chi connectivity index (χ4n) is 1.50. The second kappa shape index (κ2) is 5.44. The van der Waals surface area contributed by atoms with Crippen LogP contribution in [0.1, 0.15) is 11.1 Å². The Labute approximate surface area is 107 Å². The van der Waals surface area contributed by atoms with Gasteiger partial charge in [0.1, 0.15) is 6.61 Å². The summed E-state index contributed by atoms with van der Waals surface area (Å²) in [7, 11) is 0. The number of nitriles is 1. The van der Waals surface area contributed by atoms with E-state index in [1.165, 1.54) is 24.3 Å². The summed E-state index contributed by atoms with van der Waals surface area (Å²) in [5.41, 5.74) is 0.144. The van der Waals surface area contributed by atoms with Crippen LogP contribution in [0.25, 0.3) is 0 Å². The summed E-state index contributed by atoms with van der Waals surface area (Å²) in [5.74, 6) is -2.85. The molecule has 0 spiro atoms. The molecule has 0 aliphatic rings. The quantitative estimate of drug-likeness (QED) is 0.848. The zero-order valence-electron chi connectivity index (χ0n) is 9.66. The van der Waals surface area contributed by atoms with Crippen molar-refractivity contribution in [1.29, 1.82) is 5.26 Å². The molecule has 0 aliphatic heterocycles. The maximum Gasteiger partial charge on any atom is 0.166 e. The predicted molar refractivity (Wildman–Crippen MR) is 61.8 cm³/mol. The molecule has 96 valence electrons. The Morgan fingerprint density at radius 3 is 2.53 bits per heavy atom. The van der Waals surface area contributed by atoms with E-state index >= 15 is 0 Å². The van der Waals surface area contributed by atoms with Gasteiger partial charge < -0.3 is 4.74 Å². The van der Waals surface area contributed by atoms with Crippen molar-refractivity contribution in [1.82, 2.24) is 0 Å². The number of hydrogen-bond acceptors (Lipinski definition) is 2. The van der Waals surface area contributed by atoms with Crippen LogP contribution in [-0.4, -0.2) is 0 Å². The first-order valence-electron chi connectivity index (χ1n) is 5.37. The van der Waals surface area contributed by atoms with Crippen molar-refractivity contribution in [2.24, 2.45) is 0 Å². The average Bonchev–Trinajstić information content (AvgIpc) is 2.41. The van der Waals surface area contributed by atoms with E-state index in [1.807, 2.05) is 0 Å². The second-order valence-electron chi connectivity index (χ2n) is 3.76. The van der Waals surface area contributed by atoms with E-state index < -0.39 is 17.5 Å². The molecular formula is C14H8F3NO. The minimum atomic E-state index is -1.02. The fraction of sp³-hybridized carbons (Fsp3) is 0.0714. The van der Waals surface area contributed by atoms with Gasteiger partial charge >= 0.3 is 0 Å². The van der Waals surface area contributed by atoms with Gasteiger partial charge in [0.15, 0.2) is 23.2 Å². The summed E-state index contributed by atoms with van der Waals surface area (Å²) in [5, 5.41) is 8.58. The summed E-state index contributed by atoms with van der Waals surface area (Å²) < 4.78 is 44.8. The first kappa shape index (κ1) is 13.0. The molecule has 0 amide bonds. The van der Waals surface area contributed by atoms with Crippen LogP contribution in [0, 0.1) is 28.8 Å². The van der Waals surface area contributed by atoms with Gasteiger partial charge in [-0.3, -0.25) is 0 Å². The number of nitrogens with zero attached hydrogens (tertiary/aromatic N) is 1. The van der Waals surface area contributed by atoms with Gasteiger partial charge in [-0.05, 0) is 24.3 Å². The minimum Gasteiger partial charge on any atom is -0.486 e. The van der Waals surface area contributed by atoms with Crippen LogP contribution in [0.3, 0.4) is 0 Å². The van der Waals surface area contributed by atoms with Crippen LogP contribution in [0.15, 0.2) is 36.4 Å². The van der Waals surface area contributed by atoms with Gasteiger partial charge in [-0.15, -0.1) is 0 Å². The Hall–Kier alpha value is -2.48. The number of rotatable bonds is 3. The molecule has 2 rings (SSSR count). The summed E-state index contributed by atoms with van der Waals surface area (Å²) in [6.45, 7) is -0.299. The number of halogens is 3. The normalized spacial score (nSPS) is 10.0. The molecule has 0 bridgehead atoms. The van der Waals surface area contributed by atoms with E-state index in [0.29, 0.717) is 0 Å². The molecule has 0 atom stereocenters. The van der Waals surface area contributed by atoms with E-state index in [4.69, 9.17) is 10.00 Å². The molecule has 0 aliphatic carbocycles. The van der Waals surface area contributed by atoms with Crippen LogP contribution in [0.2, 0.25) is 0 Å². The molecule has 2 aromatic carbocycles. The lowest BCUT2D eigenvalue weighted by atomic mass is 10.2. The monoisotopic (exact) mass is 263 g/mol.